The summed E-state index contributed by atoms with van der Waals surface area (Å²) in [6, 6.07) is 13.5. The third-order valence-electron chi connectivity index (χ3n) is 6.38. The lowest BCUT2D eigenvalue weighted by molar-refractivity contribution is 0.838. The standard InChI is InChI=1S/C26H32N2OSSi/c1-18(2)31(19(3)4,20(5)6)14-13-21-15-26(29)28(22-11-9-8-10-12-22)24-16-25(30-7)27-17-23(21)24/h8-12,15-20H,1-7H3. The summed E-state index contributed by atoms with van der Waals surface area (Å²) in [7, 11) is -1.90. The van der Waals surface area contributed by atoms with Crippen molar-refractivity contribution in [1.82, 2.24) is 9.55 Å². The van der Waals surface area contributed by atoms with Gasteiger partial charge in [-0.25, -0.2) is 4.98 Å². The van der Waals surface area contributed by atoms with E-state index in [0.29, 0.717) is 16.6 Å². The van der Waals surface area contributed by atoms with Gasteiger partial charge in [0.2, 0.25) is 0 Å². The van der Waals surface area contributed by atoms with Crippen molar-refractivity contribution in [2.24, 2.45) is 0 Å². The van der Waals surface area contributed by atoms with Crippen molar-refractivity contribution in [2.45, 2.75) is 63.2 Å². The van der Waals surface area contributed by atoms with Crippen LogP contribution in [0.25, 0.3) is 16.6 Å². The molecule has 0 unspecified atom stereocenters. The van der Waals surface area contributed by atoms with Gasteiger partial charge in [0.05, 0.1) is 10.5 Å². The zero-order valence-corrected chi connectivity index (χ0v) is 21.4. The zero-order valence-electron chi connectivity index (χ0n) is 19.6. The average molecular weight is 449 g/mol. The van der Waals surface area contributed by atoms with Gasteiger partial charge in [0.15, 0.2) is 0 Å². The molecule has 2 heterocycles. The molecule has 3 nitrogen and oxygen atoms in total. The number of para-hydroxylation sites is 1. The van der Waals surface area contributed by atoms with Crippen LogP contribution in [-0.4, -0.2) is 23.9 Å². The lowest BCUT2D eigenvalue weighted by Crippen LogP contribution is -2.43. The van der Waals surface area contributed by atoms with Gasteiger partial charge in [-0.3, -0.25) is 9.36 Å². The molecule has 5 heteroatoms. The highest BCUT2D eigenvalue weighted by molar-refractivity contribution is 7.98. The normalized spacial score (nSPS) is 11.9. The van der Waals surface area contributed by atoms with Crippen LogP contribution in [0.1, 0.15) is 47.1 Å². The summed E-state index contributed by atoms with van der Waals surface area (Å²) in [6.07, 6.45) is 3.87. The molecule has 1 aromatic carbocycles. The lowest BCUT2D eigenvalue weighted by atomic mass is 10.1. The van der Waals surface area contributed by atoms with Gasteiger partial charge in [-0.2, -0.15) is 0 Å². The lowest BCUT2D eigenvalue weighted by Gasteiger charge is -2.38. The van der Waals surface area contributed by atoms with Crippen molar-refractivity contribution in [2.75, 3.05) is 6.26 Å². The fraction of sp³-hybridized carbons (Fsp3) is 0.385. The predicted octanol–water partition coefficient (Wildman–Crippen LogP) is 6.68. The number of hydrogen-bond acceptors (Lipinski definition) is 3. The Balaban J connectivity index is 2.32. The van der Waals surface area contributed by atoms with E-state index < -0.39 is 8.07 Å². The topological polar surface area (TPSA) is 34.9 Å². The number of benzene rings is 1. The van der Waals surface area contributed by atoms with E-state index in [1.165, 1.54) is 0 Å². The molecule has 0 aliphatic heterocycles. The smallest absolute Gasteiger partial charge is 0.256 e. The Bertz CT molecular complexity index is 1170. The second-order valence-electron chi connectivity index (χ2n) is 8.96. The summed E-state index contributed by atoms with van der Waals surface area (Å²) in [6.45, 7) is 13.8. The SMILES string of the molecule is CSc1cc2c(cn1)c(C#C[Si](C(C)C)(C(C)C)C(C)C)cc(=O)n2-c1ccccc1. The molecule has 0 aliphatic carbocycles. The van der Waals surface area contributed by atoms with Crippen molar-refractivity contribution < 1.29 is 0 Å². The molecule has 2 aromatic heterocycles. The van der Waals surface area contributed by atoms with Crippen LogP contribution in [-0.2, 0) is 0 Å². The van der Waals surface area contributed by atoms with Crippen LogP contribution in [0.3, 0.4) is 0 Å². The summed E-state index contributed by atoms with van der Waals surface area (Å²) in [5.41, 5.74) is 7.81. The molecule has 0 atom stereocenters. The van der Waals surface area contributed by atoms with Gasteiger partial charge < -0.3 is 0 Å². The van der Waals surface area contributed by atoms with Gasteiger partial charge in [-0.05, 0) is 41.1 Å². The first-order chi connectivity index (χ1) is 14.7. The molecule has 0 aliphatic rings. The van der Waals surface area contributed by atoms with Crippen molar-refractivity contribution in [3.63, 3.8) is 0 Å². The molecule has 3 aromatic rings. The van der Waals surface area contributed by atoms with E-state index in [-0.39, 0.29) is 5.56 Å². The Kier molecular flexibility index (Phi) is 7.13. The number of nitrogens with zero attached hydrogens (tertiary/aromatic N) is 2. The summed E-state index contributed by atoms with van der Waals surface area (Å²) < 4.78 is 1.76. The molecule has 162 valence electrons. The van der Waals surface area contributed by atoms with Gasteiger partial charge >= 0.3 is 0 Å². The molecule has 3 rings (SSSR count). The number of rotatable bonds is 5. The van der Waals surface area contributed by atoms with Crippen molar-refractivity contribution in [3.05, 3.63) is 64.6 Å². The molecule has 31 heavy (non-hydrogen) atoms. The molecular weight excluding hydrogens is 416 g/mol. The first-order valence-electron chi connectivity index (χ1n) is 10.9. The maximum Gasteiger partial charge on any atom is 0.256 e. The van der Waals surface area contributed by atoms with Crippen LogP contribution in [0.4, 0.5) is 0 Å². The molecule has 0 spiro atoms. The van der Waals surface area contributed by atoms with Crippen LogP contribution in [0.15, 0.2) is 58.5 Å². The highest BCUT2D eigenvalue weighted by atomic mass is 32.2. The van der Waals surface area contributed by atoms with Gasteiger partial charge in [0.1, 0.15) is 8.07 Å². The summed E-state index contributed by atoms with van der Waals surface area (Å²) in [5.74, 6) is 3.48. The van der Waals surface area contributed by atoms with E-state index in [0.717, 1.165) is 27.2 Å². The van der Waals surface area contributed by atoms with Gasteiger partial charge in [0, 0.05) is 28.9 Å². The predicted molar refractivity (Wildman–Crippen MR) is 137 cm³/mol. The fourth-order valence-corrected chi connectivity index (χ4v) is 10.5. The van der Waals surface area contributed by atoms with E-state index in [9.17, 15) is 4.79 Å². The molecule has 0 amide bonds. The summed E-state index contributed by atoms with van der Waals surface area (Å²) in [5, 5.41) is 1.81. The Labute approximate surface area is 191 Å². The Morgan fingerprint density at radius 2 is 1.58 bits per heavy atom. The van der Waals surface area contributed by atoms with Crippen LogP contribution in [0.2, 0.25) is 16.6 Å². The Morgan fingerprint density at radius 1 is 0.968 bits per heavy atom. The molecule has 0 bridgehead atoms. The third-order valence-corrected chi connectivity index (χ3v) is 13.3. The quantitative estimate of drug-likeness (QED) is 0.248. The van der Waals surface area contributed by atoms with Crippen LogP contribution >= 0.6 is 11.8 Å². The van der Waals surface area contributed by atoms with E-state index in [1.807, 2.05) is 48.9 Å². The Morgan fingerprint density at radius 3 is 2.13 bits per heavy atom. The van der Waals surface area contributed by atoms with E-state index in [1.54, 1.807) is 22.4 Å². The highest BCUT2D eigenvalue weighted by Gasteiger charge is 2.41. The molecular formula is C26H32N2OSSi. The van der Waals surface area contributed by atoms with Crippen molar-refractivity contribution >= 4 is 30.7 Å². The van der Waals surface area contributed by atoms with Crippen molar-refractivity contribution in [3.8, 4) is 17.2 Å². The largest absolute Gasteiger partial charge is 0.277 e. The van der Waals surface area contributed by atoms with Crippen LogP contribution in [0.5, 0.6) is 0 Å². The number of aromatic nitrogens is 2. The van der Waals surface area contributed by atoms with Gasteiger partial charge in [0.25, 0.3) is 5.56 Å². The number of hydrogen-bond donors (Lipinski definition) is 0. The minimum atomic E-state index is -1.90. The fourth-order valence-electron chi connectivity index (χ4n) is 4.87. The average Bonchev–Trinajstić information content (AvgIpc) is 2.73. The number of fused-ring (bicyclic) bond motifs is 1. The highest BCUT2D eigenvalue weighted by Crippen LogP contribution is 2.40. The first kappa shape index (κ1) is 23.4. The van der Waals surface area contributed by atoms with Gasteiger partial charge in [-0.1, -0.05) is 65.7 Å². The second-order valence-corrected chi connectivity index (χ2v) is 15.4. The van der Waals surface area contributed by atoms with E-state index in [2.05, 4.69) is 58.0 Å². The molecule has 0 radical (unpaired) electrons. The molecule has 0 saturated heterocycles. The minimum Gasteiger partial charge on any atom is -0.277 e. The van der Waals surface area contributed by atoms with Crippen molar-refractivity contribution in [1.29, 1.82) is 0 Å². The molecule has 0 fully saturated rings. The van der Waals surface area contributed by atoms with Gasteiger partial charge in [-0.15, -0.1) is 17.3 Å². The molecule has 0 saturated carbocycles. The third kappa shape index (κ3) is 4.37. The summed E-state index contributed by atoms with van der Waals surface area (Å²) in [4.78, 5) is 17.9. The number of pyridine rings is 2. The second kappa shape index (κ2) is 9.46. The maximum absolute atomic E-state index is 13.3. The zero-order chi connectivity index (χ0) is 22.8. The van der Waals surface area contributed by atoms with E-state index >= 15 is 0 Å². The minimum absolute atomic E-state index is 0.0628. The molecule has 0 N–H and O–H groups in total. The van der Waals surface area contributed by atoms with Crippen LogP contribution in [0, 0.1) is 11.5 Å². The maximum atomic E-state index is 13.3. The van der Waals surface area contributed by atoms with Crippen LogP contribution < -0.4 is 5.56 Å². The Hall–Kier alpha value is -2.29. The van der Waals surface area contributed by atoms with E-state index in [4.69, 9.17) is 0 Å². The monoisotopic (exact) mass is 448 g/mol. The first-order valence-corrected chi connectivity index (χ1v) is 14.4. The number of thioether (sulfide) groups is 1. The summed E-state index contributed by atoms with van der Waals surface area (Å²) >= 11 is 1.57.